The summed E-state index contributed by atoms with van der Waals surface area (Å²) in [5.74, 6) is 0.659. The number of benzene rings is 2. The Morgan fingerprint density at radius 2 is 1.32 bits per heavy atom. The monoisotopic (exact) mass is 300 g/mol. The molecule has 0 saturated carbocycles. The fraction of sp³-hybridized carbons (Fsp3) is 0.455. The Morgan fingerprint density at radius 3 is 1.68 bits per heavy atom. The number of aryl methyl sites for hydroxylation is 2. The van der Waals surface area contributed by atoms with E-state index in [1.165, 1.54) is 29.5 Å². The maximum atomic E-state index is 2.21. The highest BCUT2D eigenvalue weighted by Crippen LogP contribution is 2.11. The SMILES string of the molecule is C.CC.CC(C)c1ccccc1.CCCc1ccc(C)cc1. The molecule has 0 N–H and O–H groups in total. The van der Waals surface area contributed by atoms with Crippen molar-refractivity contribution < 1.29 is 0 Å². The molecular weight excluding hydrogens is 264 g/mol. The summed E-state index contributed by atoms with van der Waals surface area (Å²) in [5.41, 5.74) is 4.21. The highest BCUT2D eigenvalue weighted by atomic mass is 14.0. The van der Waals surface area contributed by atoms with Gasteiger partial charge in [-0.15, -0.1) is 0 Å². The van der Waals surface area contributed by atoms with E-state index in [0.717, 1.165) is 0 Å². The van der Waals surface area contributed by atoms with Gasteiger partial charge in [0.25, 0.3) is 0 Å². The van der Waals surface area contributed by atoms with Gasteiger partial charge >= 0.3 is 0 Å². The third-order valence-electron chi connectivity index (χ3n) is 3.13. The van der Waals surface area contributed by atoms with Gasteiger partial charge in [-0.2, -0.15) is 0 Å². The van der Waals surface area contributed by atoms with Gasteiger partial charge in [0.15, 0.2) is 0 Å². The minimum atomic E-state index is 0. The summed E-state index contributed by atoms with van der Waals surface area (Å²) < 4.78 is 0. The normalized spacial score (nSPS) is 8.86. The van der Waals surface area contributed by atoms with Crippen molar-refractivity contribution >= 4 is 0 Å². The van der Waals surface area contributed by atoms with Crippen molar-refractivity contribution in [2.75, 3.05) is 0 Å². The zero-order valence-corrected chi connectivity index (χ0v) is 14.7. The Kier molecular flexibility index (Phi) is 14.8. The molecule has 0 aromatic heterocycles. The van der Waals surface area contributed by atoms with E-state index in [1.807, 2.05) is 19.9 Å². The van der Waals surface area contributed by atoms with Gasteiger partial charge in [-0.25, -0.2) is 0 Å². The van der Waals surface area contributed by atoms with Gasteiger partial charge in [-0.1, -0.05) is 109 Å². The summed E-state index contributed by atoms with van der Waals surface area (Å²) in [4.78, 5) is 0. The third-order valence-corrected chi connectivity index (χ3v) is 3.13. The largest absolute Gasteiger partial charge is 0.0776 e. The lowest BCUT2D eigenvalue weighted by molar-refractivity contribution is 0.867. The molecule has 0 amide bonds. The lowest BCUT2D eigenvalue weighted by Crippen LogP contribution is -1.83. The summed E-state index contributed by atoms with van der Waals surface area (Å²) >= 11 is 0. The number of hydrogen-bond donors (Lipinski definition) is 0. The first-order valence-corrected chi connectivity index (χ1v) is 8.24. The molecule has 2 rings (SSSR count). The minimum absolute atomic E-state index is 0. The summed E-state index contributed by atoms with van der Waals surface area (Å²) in [7, 11) is 0. The lowest BCUT2D eigenvalue weighted by Gasteiger charge is -2.01. The van der Waals surface area contributed by atoms with Crippen LogP contribution in [0, 0.1) is 6.92 Å². The summed E-state index contributed by atoms with van der Waals surface area (Å²) in [6, 6.07) is 19.3. The average molecular weight is 301 g/mol. The second-order valence-corrected chi connectivity index (χ2v) is 5.30. The van der Waals surface area contributed by atoms with E-state index < -0.39 is 0 Å². The molecule has 2 aromatic carbocycles. The number of hydrogen-bond acceptors (Lipinski definition) is 0. The van der Waals surface area contributed by atoms with E-state index in [0.29, 0.717) is 5.92 Å². The topological polar surface area (TPSA) is 0 Å². The molecule has 0 fully saturated rings. The molecule has 0 unspecified atom stereocenters. The second-order valence-electron chi connectivity index (χ2n) is 5.30. The Labute approximate surface area is 139 Å². The van der Waals surface area contributed by atoms with E-state index in [9.17, 15) is 0 Å². The van der Waals surface area contributed by atoms with Gasteiger partial charge in [0, 0.05) is 0 Å². The Morgan fingerprint density at radius 1 is 0.818 bits per heavy atom. The maximum absolute atomic E-state index is 2.21. The van der Waals surface area contributed by atoms with Crippen molar-refractivity contribution in [1.82, 2.24) is 0 Å². The summed E-state index contributed by atoms with van der Waals surface area (Å²) in [5, 5.41) is 0. The Hall–Kier alpha value is -1.56. The first-order valence-electron chi connectivity index (χ1n) is 8.24. The molecule has 0 atom stereocenters. The van der Waals surface area contributed by atoms with Crippen LogP contribution in [-0.4, -0.2) is 0 Å². The molecular formula is C22H36. The van der Waals surface area contributed by atoms with Crippen LogP contribution in [0.3, 0.4) is 0 Å². The summed E-state index contributed by atoms with van der Waals surface area (Å²) in [6.07, 6.45) is 2.45. The van der Waals surface area contributed by atoms with Crippen molar-refractivity contribution in [3.8, 4) is 0 Å². The van der Waals surface area contributed by atoms with Gasteiger partial charge in [-0.05, 0) is 30.4 Å². The third kappa shape index (κ3) is 10.2. The predicted octanol–water partition coefficient (Wildman–Crippen LogP) is 7.42. The first-order chi connectivity index (χ1) is 10.1. The van der Waals surface area contributed by atoms with E-state index in [2.05, 4.69) is 76.2 Å². The van der Waals surface area contributed by atoms with Crippen molar-refractivity contribution in [3.63, 3.8) is 0 Å². The van der Waals surface area contributed by atoms with E-state index >= 15 is 0 Å². The Balaban J connectivity index is 0. The maximum Gasteiger partial charge on any atom is -0.0219 e. The van der Waals surface area contributed by atoms with Gasteiger partial charge in [-0.3, -0.25) is 0 Å². The van der Waals surface area contributed by atoms with Gasteiger partial charge in [0.1, 0.15) is 0 Å². The van der Waals surface area contributed by atoms with Crippen LogP contribution in [0.25, 0.3) is 0 Å². The molecule has 0 saturated heterocycles. The Bertz CT molecular complexity index is 437. The molecule has 0 bridgehead atoms. The van der Waals surface area contributed by atoms with Crippen LogP contribution in [0.1, 0.15) is 71.1 Å². The van der Waals surface area contributed by atoms with E-state index in [-0.39, 0.29) is 7.43 Å². The van der Waals surface area contributed by atoms with Crippen LogP contribution in [0.5, 0.6) is 0 Å². The molecule has 0 aliphatic heterocycles. The lowest BCUT2D eigenvalue weighted by atomic mass is 10.0. The predicted molar refractivity (Wildman–Crippen MR) is 104 cm³/mol. The van der Waals surface area contributed by atoms with Crippen molar-refractivity contribution in [2.45, 2.75) is 67.7 Å². The molecule has 22 heavy (non-hydrogen) atoms. The van der Waals surface area contributed by atoms with Crippen LogP contribution < -0.4 is 0 Å². The standard InChI is InChI=1S/C10H14.C9H12.C2H6.CH4/c1-3-4-10-7-5-9(2)6-8-10;1-8(2)9-6-4-3-5-7-9;1-2;/h5-8H,3-4H2,1-2H3;3-8H,1-2H3;1-2H3;1H4. The zero-order valence-electron chi connectivity index (χ0n) is 14.7. The molecule has 0 aliphatic rings. The van der Waals surface area contributed by atoms with Gasteiger partial charge in [0.2, 0.25) is 0 Å². The molecule has 0 heterocycles. The van der Waals surface area contributed by atoms with E-state index in [4.69, 9.17) is 0 Å². The highest BCUT2D eigenvalue weighted by Gasteiger charge is 1.93. The van der Waals surface area contributed by atoms with Crippen LogP contribution in [0.2, 0.25) is 0 Å². The number of rotatable bonds is 3. The quantitative estimate of drug-likeness (QED) is 0.553. The molecule has 0 radical (unpaired) electrons. The second kappa shape index (κ2) is 14.4. The first kappa shape index (κ1) is 22.7. The van der Waals surface area contributed by atoms with Crippen LogP contribution in [-0.2, 0) is 6.42 Å². The van der Waals surface area contributed by atoms with Gasteiger partial charge in [0.05, 0.1) is 0 Å². The van der Waals surface area contributed by atoms with Crippen molar-refractivity contribution in [1.29, 1.82) is 0 Å². The molecule has 0 spiro atoms. The molecule has 2 aromatic rings. The van der Waals surface area contributed by atoms with Crippen LogP contribution in [0.15, 0.2) is 54.6 Å². The van der Waals surface area contributed by atoms with E-state index in [1.54, 1.807) is 0 Å². The average Bonchev–Trinajstić information content (AvgIpc) is 2.53. The zero-order chi connectivity index (χ0) is 16.1. The van der Waals surface area contributed by atoms with Crippen molar-refractivity contribution in [2.24, 2.45) is 0 Å². The van der Waals surface area contributed by atoms with Crippen molar-refractivity contribution in [3.05, 3.63) is 71.3 Å². The molecule has 0 aliphatic carbocycles. The fourth-order valence-corrected chi connectivity index (χ4v) is 1.88. The smallest absolute Gasteiger partial charge is 0.0219 e. The van der Waals surface area contributed by atoms with Crippen LogP contribution in [0.4, 0.5) is 0 Å². The summed E-state index contributed by atoms with van der Waals surface area (Å²) in [6.45, 7) is 12.7. The highest BCUT2D eigenvalue weighted by molar-refractivity contribution is 5.21. The molecule has 0 nitrogen and oxygen atoms in total. The van der Waals surface area contributed by atoms with Gasteiger partial charge < -0.3 is 0 Å². The minimum Gasteiger partial charge on any atom is -0.0776 e. The molecule has 0 heteroatoms. The van der Waals surface area contributed by atoms with Crippen LogP contribution >= 0.6 is 0 Å². The fourth-order valence-electron chi connectivity index (χ4n) is 1.88. The molecule has 124 valence electrons.